The molecular formula is C27H33NO7. The molecule has 0 amide bonds. The normalized spacial score (nSPS) is 24.6. The number of esters is 2. The summed E-state index contributed by atoms with van der Waals surface area (Å²) in [6.45, 7) is 3.68. The van der Waals surface area contributed by atoms with Crippen LogP contribution in [0.4, 0.5) is 0 Å². The number of carbonyl (C=O) groups excluding carboxylic acids is 3. The number of ether oxygens (including phenoxy) is 4. The van der Waals surface area contributed by atoms with Crippen molar-refractivity contribution in [2.75, 3.05) is 21.3 Å². The van der Waals surface area contributed by atoms with Crippen LogP contribution in [0.1, 0.15) is 57.4 Å². The highest BCUT2D eigenvalue weighted by Crippen LogP contribution is 2.47. The lowest BCUT2D eigenvalue weighted by Crippen LogP contribution is -2.43. The molecule has 1 aromatic carbocycles. The monoisotopic (exact) mass is 483 g/mol. The quantitative estimate of drug-likeness (QED) is 0.482. The molecule has 3 aliphatic rings. The first-order chi connectivity index (χ1) is 16.8. The van der Waals surface area contributed by atoms with E-state index in [9.17, 15) is 14.4 Å². The molecule has 0 spiro atoms. The topological polar surface area (TPSA) is 100 Å². The Morgan fingerprint density at radius 3 is 2.34 bits per heavy atom. The van der Waals surface area contributed by atoms with Gasteiger partial charge in [0.25, 0.3) is 0 Å². The van der Waals surface area contributed by atoms with Gasteiger partial charge in [-0.25, -0.2) is 4.79 Å². The predicted molar refractivity (Wildman–Crippen MR) is 128 cm³/mol. The molecule has 1 fully saturated rings. The second-order valence-corrected chi connectivity index (χ2v) is 9.46. The van der Waals surface area contributed by atoms with Gasteiger partial charge in [-0.15, -0.1) is 0 Å². The van der Waals surface area contributed by atoms with Crippen molar-refractivity contribution >= 4 is 17.7 Å². The maximum atomic E-state index is 13.8. The maximum absolute atomic E-state index is 13.8. The summed E-state index contributed by atoms with van der Waals surface area (Å²) < 4.78 is 21.7. The number of rotatable bonds is 6. The van der Waals surface area contributed by atoms with Gasteiger partial charge in [-0.05, 0) is 62.6 Å². The number of methoxy groups -OCH3 is 3. The van der Waals surface area contributed by atoms with Gasteiger partial charge >= 0.3 is 11.9 Å². The molecule has 0 radical (unpaired) electrons. The zero-order valence-electron chi connectivity index (χ0n) is 20.9. The van der Waals surface area contributed by atoms with Crippen molar-refractivity contribution in [2.24, 2.45) is 11.8 Å². The number of dihydropyridines is 1. The molecule has 8 heteroatoms. The van der Waals surface area contributed by atoms with Crippen LogP contribution in [0.2, 0.25) is 0 Å². The molecule has 0 saturated heterocycles. The Labute approximate surface area is 205 Å². The van der Waals surface area contributed by atoms with E-state index in [1.807, 2.05) is 19.9 Å². The van der Waals surface area contributed by atoms with Crippen molar-refractivity contribution in [3.63, 3.8) is 0 Å². The van der Waals surface area contributed by atoms with Crippen LogP contribution in [0.5, 0.6) is 11.5 Å². The Kier molecular flexibility index (Phi) is 7.19. The second kappa shape index (κ2) is 10.1. The van der Waals surface area contributed by atoms with Crippen LogP contribution in [0.3, 0.4) is 0 Å². The van der Waals surface area contributed by atoms with Gasteiger partial charge in [0.2, 0.25) is 0 Å². The van der Waals surface area contributed by atoms with E-state index in [1.165, 1.54) is 14.2 Å². The lowest BCUT2D eigenvalue weighted by molar-refractivity contribution is -0.151. The Morgan fingerprint density at radius 1 is 1.03 bits per heavy atom. The predicted octanol–water partition coefficient (Wildman–Crippen LogP) is 3.80. The molecule has 4 rings (SSSR count). The molecule has 1 saturated carbocycles. The van der Waals surface area contributed by atoms with Gasteiger partial charge in [-0.3, -0.25) is 9.59 Å². The van der Waals surface area contributed by atoms with E-state index in [1.54, 1.807) is 19.2 Å². The van der Waals surface area contributed by atoms with Crippen LogP contribution in [0, 0.1) is 11.8 Å². The molecule has 1 aliphatic heterocycles. The zero-order valence-corrected chi connectivity index (χ0v) is 20.9. The fourth-order valence-electron chi connectivity index (χ4n) is 5.54. The minimum atomic E-state index is -0.936. The van der Waals surface area contributed by atoms with E-state index in [2.05, 4.69) is 5.32 Å². The average Bonchev–Trinajstić information content (AvgIpc) is 3.35. The molecule has 3 atom stereocenters. The highest BCUT2D eigenvalue weighted by Gasteiger charge is 2.47. The molecule has 2 aliphatic carbocycles. The van der Waals surface area contributed by atoms with Crippen molar-refractivity contribution in [1.29, 1.82) is 0 Å². The molecule has 1 heterocycles. The third kappa shape index (κ3) is 4.54. The summed E-state index contributed by atoms with van der Waals surface area (Å²) in [4.78, 5) is 39.9. The van der Waals surface area contributed by atoms with Crippen molar-refractivity contribution in [2.45, 2.75) is 58.0 Å². The first-order valence-corrected chi connectivity index (χ1v) is 12.1. The fourth-order valence-corrected chi connectivity index (χ4v) is 5.54. The molecule has 35 heavy (non-hydrogen) atoms. The summed E-state index contributed by atoms with van der Waals surface area (Å²) in [6, 6.07) is 5.34. The van der Waals surface area contributed by atoms with Crippen molar-refractivity contribution < 1.29 is 33.3 Å². The SMILES string of the molecule is COC(=O)C1C(=O)C2=C(CC1C)NC(C)=C(C(=O)OC1CCCC1)C2c1ccc(OC)c(OC)c1. The Bertz CT molecular complexity index is 1100. The van der Waals surface area contributed by atoms with Crippen LogP contribution in [-0.4, -0.2) is 45.2 Å². The summed E-state index contributed by atoms with van der Waals surface area (Å²) in [6.07, 6.45) is 4.07. The molecule has 0 aromatic heterocycles. The van der Waals surface area contributed by atoms with Gasteiger partial charge in [0.1, 0.15) is 12.0 Å². The Hall–Kier alpha value is -3.29. The van der Waals surface area contributed by atoms with Crippen LogP contribution in [0.15, 0.2) is 40.7 Å². The molecule has 8 nitrogen and oxygen atoms in total. The third-order valence-corrected chi connectivity index (χ3v) is 7.28. The lowest BCUT2D eigenvalue weighted by Gasteiger charge is -2.38. The van der Waals surface area contributed by atoms with E-state index >= 15 is 0 Å². The van der Waals surface area contributed by atoms with Gasteiger partial charge in [-0.1, -0.05) is 13.0 Å². The number of Topliss-reactive ketones (excluding diaryl/α,β-unsaturated/α-hetero) is 1. The van der Waals surface area contributed by atoms with Crippen LogP contribution >= 0.6 is 0 Å². The zero-order chi connectivity index (χ0) is 25.3. The lowest BCUT2D eigenvalue weighted by atomic mass is 9.69. The number of allylic oxidation sites excluding steroid dienone is 3. The number of ketones is 1. The second-order valence-electron chi connectivity index (χ2n) is 9.46. The number of benzene rings is 1. The van der Waals surface area contributed by atoms with E-state index in [0.717, 1.165) is 31.4 Å². The third-order valence-electron chi connectivity index (χ3n) is 7.28. The molecular weight excluding hydrogens is 450 g/mol. The van der Waals surface area contributed by atoms with Gasteiger partial charge in [0.05, 0.1) is 26.9 Å². The minimum Gasteiger partial charge on any atom is -0.493 e. The summed E-state index contributed by atoms with van der Waals surface area (Å²) in [5.41, 5.74) is 2.81. The highest BCUT2D eigenvalue weighted by molar-refractivity contribution is 6.12. The standard InChI is InChI=1S/C27H33NO7/c1-14-12-18-24(25(29)21(14)26(30)34-5)23(16-10-11-19(32-3)20(13-16)33-4)22(15(2)28-18)27(31)35-17-8-6-7-9-17/h10-11,13-14,17,21,23,28H,6-9,12H2,1-5H3. The Morgan fingerprint density at radius 2 is 1.71 bits per heavy atom. The molecule has 1 aromatic rings. The van der Waals surface area contributed by atoms with E-state index in [-0.39, 0.29) is 17.8 Å². The van der Waals surface area contributed by atoms with E-state index in [0.29, 0.717) is 40.3 Å². The number of nitrogens with one attached hydrogen (secondary N) is 1. The first-order valence-electron chi connectivity index (χ1n) is 12.1. The molecule has 0 bridgehead atoms. The van der Waals surface area contributed by atoms with E-state index < -0.39 is 23.8 Å². The number of hydrogen-bond acceptors (Lipinski definition) is 8. The van der Waals surface area contributed by atoms with Gasteiger partial charge < -0.3 is 24.3 Å². The van der Waals surface area contributed by atoms with Gasteiger partial charge in [0.15, 0.2) is 17.3 Å². The first kappa shape index (κ1) is 24.8. The van der Waals surface area contributed by atoms with Crippen LogP contribution in [-0.2, 0) is 23.9 Å². The van der Waals surface area contributed by atoms with Crippen molar-refractivity contribution in [1.82, 2.24) is 5.32 Å². The van der Waals surface area contributed by atoms with Crippen molar-refractivity contribution in [3.05, 3.63) is 46.3 Å². The van der Waals surface area contributed by atoms with Gasteiger partial charge in [0, 0.05) is 22.9 Å². The maximum Gasteiger partial charge on any atom is 0.337 e. The van der Waals surface area contributed by atoms with Crippen molar-refractivity contribution in [3.8, 4) is 11.5 Å². The molecule has 1 N–H and O–H groups in total. The average molecular weight is 484 g/mol. The van der Waals surface area contributed by atoms with E-state index in [4.69, 9.17) is 18.9 Å². The molecule has 3 unspecified atom stereocenters. The summed E-state index contributed by atoms with van der Waals surface area (Å²) in [5.74, 6) is -2.24. The number of hydrogen-bond donors (Lipinski definition) is 1. The fraction of sp³-hybridized carbons (Fsp3) is 0.519. The molecule has 188 valence electrons. The Balaban J connectivity index is 1.84. The summed E-state index contributed by atoms with van der Waals surface area (Å²) in [7, 11) is 4.36. The summed E-state index contributed by atoms with van der Waals surface area (Å²) in [5, 5.41) is 3.29. The highest BCUT2D eigenvalue weighted by atomic mass is 16.5. The van der Waals surface area contributed by atoms with Crippen LogP contribution in [0.25, 0.3) is 0 Å². The van der Waals surface area contributed by atoms with Crippen LogP contribution < -0.4 is 14.8 Å². The largest absolute Gasteiger partial charge is 0.493 e. The number of carbonyl (C=O) groups is 3. The van der Waals surface area contributed by atoms with Gasteiger partial charge in [-0.2, -0.15) is 0 Å². The smallest absolute Gasteiger partial charge is 0.337 e. The summed E-state index contributed by atoms with van der Waals surface area (Å²) >= 11 is 0. The minimum absolute atomic E-state index is 0.130.